The summed E-state index contributed by atoms with van der Waals surface area (Å²) >= 11 is 8.83. The Morgan fingerprint density at radius 2 is 2.10 bits per heavy atom. The van der Waals surface area contributed by atoms with E-state index in [9.17, 15) is 9.59 Å². The van der Waals surface area contributed by atoms with E-state index in [2.05, 4.69) is 0 Å². The molecule has 0 saturated heterocycles. The van der Waals surface area contributed by atoms with Crippen molar-refractivity contribution in [2.24, 2.45) is 0 Å². The molecule has 1 aromatic carbocycles. The van der Waals surface area contributed by atoms with E-state index in [1.807, 2.05) is 17.5 Å². The lowest BCUT2D eigenvalue weighted by atomic mass is 10.3. The molecule has 0 atom stereocenters. The molecule has 1 aromatic heterocycles. The van der Waals surface area contributed by atoms with Crippen molar-refractivity contribution in [3.63, 3.8) is 0 Å². The van der Waals surface area contributed by atoms with E-state index in [1.165, 1.54) is 16.7 Å². The lowest BCUT2D eigenvalue weighted by Crippen LogP contribution is -2.36. The highest BCUT2D eigenvalue weighted by molar-refractivity contribution is 8.01. The molecule has 1 amide bonds. The van der Waals surface area contributed by atoms with Crippen molar-refractivity contribution in [1.29, 1.82) is 0 Å². The van der Waals surface area contributed by atoms with Crippen LogP contribution in [0.1, 0.15) is 0 Å². The highest BCUT2D eigenvalue weighted by atomic mass is 35.5. The van der Waals surface area contributed by atoms with Crippen LogP contribution >= 0.6 is 34.7 Å². The minimum Gasteiger partial charge on any atom is -0.480 e. The molecule has 0 aliphatic carbocycles. The van der Waals surface area contributed by atoms with Gasteiger partial charge in [-0.25, -0.2) is 0 Å². The van der Waals surface area contributed by atoms with Gasteiger partial charge in [0, 0.05) is 10.7 Å². The molecule has 0 fully saturated rings. The van der Waals surface area contributed by atoms with Crippen molar-refractivity contribution in [3.8, 4) is 0 Å². The summed E-state index contributed by atoms with van der Waals surface area (Å²) in [6.07, 6.45) is 0. The fourth-order valence-corrected chi connectivity index (χ4v) is 3.50. The molecule has 110 valence electrons. The van der Waals surface area contributed by atoms with Gasteiger partial charge in [0.05, 0.1) is 9.96 Å². The third-order valence-corrected chi connectivity index (χ3v) is 4.90. The van der Waals surface area contributed by atoms with Gasteiger partial charge in [-0.15, -0.1) is 23.1 Å². The Hall–Kier alpha value is -1.50. The number of halogens is 1. The smallest absolute Gasteiger partial charge is 0.323 e. The van der Waals surface area contributed by atoms with Crippen molar-refractivity contribution >= 4 is 52.3 Å². The van der Waals surface area contributed by atoms with Gasteiger partial charge in [-0.05, 0) is 29.6 Å². The first kappa shape index (κ1) is 15.9. The lowest BCUT2D eigenvalue weighted by Gasteiger charge is -2.20. The number of thioether (sulfide) groups is 1. The molecule has 0 aliphatic heterocycles. The van der Waals surface area contributed by atoms with Crippen LogP contribution in [0.4, 0.5) is 5.69 Å². The monoisotopic (exact) mass is 341 g/mol. The van der Waals surface area contributed by atoms with Gasteiger partial charge in [0.15, 0.2) is 0 Å². The molecule has 2 aromatic rings. The van der Waals surface area contributed by atoms with Crippen molar-refractivity contribution in [2.75, 3.05) is 17.2 Å². The minimum atomic E-state index is -1.07. The summed E-state index contributed by atoms with van der Waals surface area (Å²) in [4.78, 5) is 24.5. The van der Waals surface area contributed by atoms with Crippen LogP contribution < -0.4 is 4.90 Å². The Balaban J connectivity index is 2.11. The summed E-state index contributed by atoms with van der Waals surface area (Å²) in [6, 6.07) is 10.4. The fraction of sp³-hybridized carbons (Fsp3) is 0.143. The van der Waals surface area contributed by atoms with Crippen molar-refractivity contribution in [1.82, 2.24) is 0 Å². The maximum Gasteiger partial charge on any atom is 0.323 e. The van der Waals surface area contributed by atoms with Crippen molar-refractivity contribution in [3.05, 3.63) is 46.8 Å². The summed E-state index contributed by atoms with van der Waals surface area (Å²) in [7, 11) is 0. The largest absolute Gasteiger partial charge is 0.480 e. The van der Waals surface area contributed by atoms with Crippen LogP contribution in [0.25, 0.3) is 0 Å². The summed E-state index contributed by atoms with van der Waals surface area (Å²) in [5.74, 6) is -1.15. The first-order valence-electron chi connectivity index (χ1n) is 6.00. The van der Waals surface area contributed by atoms with Gasteiger partial charge in [0.1, 0.15) is 6.54 Å². The first-order valence-corrected chi connectivity index (χ1v) is 8.24. The van der Waals surface area contributed by atoms with Crippen molar-refractivity contribution < 1.29 is 14.7 Å². The number of hydrogen-bond acceptors (Lipinski definition) is 4. The predicted molar refractivity (Wildman–Crippen MR) is 86.5 cm³/mol. The zero-order valence-corrected chi connectivity index (χ0v) is 13.2. The number of carbonyl (C=O) groups is 2. The molecule has 0 unspecified atom stereocenters. The van der Waals surface area contributed by atoms with Crippen LogP contribution in [0.5, 0.6) is 0 Å². The highest BCUT2D eigenvalue weighted by Gasteiger charge is 2.19. The Bertz CT molecular complexity index is 631. The number of nitrogens with zero attached hydrogens (tertiary/aromatic N) is 1. The second-order valence-electron chi connectivity index (χ2n) is 4.07. The van der Waals surface area contributed by atoms with Crippen LogP contribution in [-0.2, 0) is 9.59 Å². The number of thiophene rings is 1. The van der Waals surface area contributed by atoms with Gasteiger partial charge in [0.25, 0.3) is 0 Å². The number of benzene rings is 1. The Morgan fingerprint density at radius 1 is 1.29 bits per heavy atom. The molecule has 2 rings (SSSR count). The summed E-state index contributed by atoms with van der Waals surface area (Å²) in [5.41, 5.74) is 0.488. The lowest BCUT2D eigenvalue weighted by molar-refractivity contribution is -0.136. The Labute approximate surface area is 135 Å². The molecule has 0 bridgehead atoms. The zero-order valence-electron chi connectivity index (χ0n) is 10.9. The normalized spacial score (nSPS) is 10.3. The van der Waals surface area contributed by atoms with Gasteiger partial charge in [0.2, 0.25) is 5.91 Å². The van der Waals surface area contributed by atoms with Gasteiger partial charge in [-0.1, -0.05) is 23.7 Å². The molecule has 0 radical (unpaired) electrons. The molecule has 0 aliphatic rings. The number of aliphatic carboxylic acids is 1. The Morgan fingerprint density at radius 3 is 2.71 bits per heavy atom. The van der Waals surface area contributed by atoms with Crippen LogP contribution in [0.15, 0.2) is 46.0 Å². The van der Waals surface area contributed by atoms with Gasteiger partial charge < -0.3 is 10.0 Å². The van der Waals surface area contributed by atoms with Gasteiger partial charge in [-0.3, -0.25) is 9.59 Å². The molecule has 1 N–H and O–H groups in total. The molecule has 21 heavy (non-hydrogen) atoms. The van der Waals surface area contributed by atoms with E-state index in [0.29, 0.717) is 10.7 Å². The maximum absolute atomic E-state index is 12.3. The van der Waals surface area contributed by atoms with E-state index in [1.54, 1.807) is 35.6 Å². The Kier molecular flexibility index (Phi) is 5.67. The average molecular weight is 342 g/mol. The quantitative estimate of drug-likeness (QED) is 0.815. The number of hydrogen-bond donors (Lipinski definition) is 1. The maximum atomic E-state index is 12.3. The second-order valence-corrected chi connectivity index (χ2v) is 6.73. The van der Waals surface area contributed by atoms with E-state index in [4.69, 9.17) is 16.7 Å². The van der Waals surface area contributed by atoms with Crippen molar-refractivity contribution in [2.45, 2.75) is 4.21 Å². The zero-order chi connectivity index (χ0) is 15.2. The molecule has 0 saturated carbocycles. The van der Waals surface area contributed by atoms with Crippen LogP contribution in [0.3, 0.4) is 0 Å². The number of rotatable bonds is 6. The molecule has 1 heterocycles. The average Bonchev–Trinajstić information content (AvgIpc) is 2.95. The molecular formula is C14H12ClNO3S2. The van der Waals surface area contributed by atoms with Crippen LogP contribution in [0.2, 0.25) is 5.02 Å². The predicted octanol–water partition coefficient (Wildman–Crippen LogP) is 3.61. The van der Waals surface area contributed by atoms with E-state index in [-0.39, 0.29) is 18.2 Å². The fourth-order valence-electron chi connectivity index (χ4n) is 1.66. The van der Waals surface area contributed by atoms with E-state index >= 15 is 0 Å². The first-order chi connectivity index (χ1) is 10.1. The summed E-state index contributed by atoms with van der Waals surface area (Å²) in [6.45, 7) is -0.385. The molecular weight excluding hydrogens is 330 g/mol. The van der Waals surface area contributed by atoms with Gasteiger partial charge in [-0.2, -0.15) is 0 Å². The minimum absolute atomic E-state index is 0.181. The number of amides is 1. The van der Waals surface area contributed by atoms with Crippen LogP contribution in [0, 0.1) is 0 Å². The number of anilines is 1. The number of carbonyl (C=O) groups excluding carboxylic acids is 1. The highest BCUT2D eigenvalue weighted by Crippen LogP contribution is 2.25. The topological polar surface area (TPSA) is 57.6 Å². The molecule has 7 heteroatoms. The van der Waals surface area contributed by atoms with Crippen LogP contribution in [-0.4, -0.2) is 29.3 Å². The van der Waals surface area contributed by atoms with E-state index < -0.39 is 5.97 Å². The second kappa shape index (κ2) is 7.49. The SMILES string of the molecule is O=C(O)CN(C(=O)CSc1cccs1)c1cccc(Cl)c1. The van der Waals surface area contributed by atoms with E-state index in [0.717, 1.165) is 4.21 Å². The molecule has 4 nitrogen and oxygen atoms in total. The third-order valence-electron chi connectivity index (χ3n) is 2.55. The summed E-state index contributed by atoms with van der Waals surface area (Å²) in [5, 5.41) is 11.4. The standard InChI is InChI=1S/C14H12ClNO3S2/c15-10-3-1-4-11(7-10)16(8-13(18)19)12(17)9-21-14-5-2-6-20-14/h1-7H,8-9H2,(H,18,19). The molecule has 0 spiro atoms. The third kappa shape index (κ3) is 4.77. The number of carboxylic acid groups (broad SMARTS) is 1. The summed E-state index contributed by atoms with van der Waals surface area (Å²) < 4.78 is 1.02. The van der Waals surface area contributed by atoms with Gasteiger partial charge >= 0.3 is 5.97 Å². The number of carboxylic acids is 1.